The van der Waals surface area contributed by atoms with Crippen LogP contribution in [0.15, 0.2) is 42.5 Å². The highest BCUT2D eigenvalue weighted by Crippen LogP contribution is 2.20. The van der Waals surface area contributed by atoms with Crippen LogP contribution in [0.25, 0.3) is 0 Å². The first-order valence-electron chi connectivity index (χ1n) is 6.47. The van der Waals surface area contributed by atoms with Gasteiger partial charge in [0.05, 0.1) is 16.8 Å². The molecule has 0 aliphatic heterocycles. The van der Waals surface area contributed by atoms with Gasteiger partial charge in [0.25, 0.3) is 11.8 Å². The SMILES string of the molecule is CN(C)C(=O)c1ccccc1NC(=O)c1cc(Cl)ccc1F. The fourth-order valence-corrected chi connectivity index (χ4v) is 2.05. The van der Waals surface area contributed by atoms with Gasteiger partial charge in [0.15, 0.2) is 0 Å². The Morgan fingerprint density at radius 2 is 1.77 bits per heavy atom. The van der Waals surface area contributed by atoms with E-state index in [9.17, 15) is 14.0 Å². The van der Waals surface area contributed by atoms with Gasteiger partial charge >= 0.3 is 0 Å². The number of amides is 2. The Bertz CT molecular complexity index is 732. The smallest absolute Gasteiger partial charge is 0.258 e. The van der Waals surface area contributed by atoms with Gasteiger partial charge in [0.2, 0.25) is 0 Å². The highest BCUT2D eigenvalue weighted by Gasteiger charge is 2.17. The van der Waals surface area contributed by atoms with Crippen molar-refractivity contribution in [3.05, 3.63) is 64.4 Å². The molecule has 0 aliphatic carbocycles. The van der Waals surface area contributed by atoms with E-state index in [4.69, 9.17) is 11.6 Å². The summed E-state index contributed by atoms with van der Waals surface area (Å²) in [6.45, 7) is 0. The molecule has 2 amide bonds. The molecule has 0 aromatic heterocycles. The molecule has 0 spiro atoms. The molecule has 4 nitrogen and oxygen atoms in total. The molecule has 0 aliphatic rings. The van der Waals surface area contributed by atoms with E-state index in [-0.39, 0.29) is 16.5 Å². The molecule has 0 radical (unpaired) electrons. The lowest BCUT2D eigenvalue weighted by Crippen LogP contribution is -2.24. The topological polar surface area (TPSA) is 49.4 Å². The fourth-order valence-electron chi connectivity index (χ4n) is 1.88. The number of hydrogen-bond acceptors (Lipinski definition) is 2. The molecule has 0 bridgehead atoms. The minimum Gasteiger partial charge on any atom is -0.345 e. The Labute approximate surface area is 132 Å². The summed E-state index contributed by atoms with van der Waals surface area (Å²) in [5.74, 6) is -1.61. The number of anilines is 1. The number of hydrogen-bond donors (Lipinski definition) is 1. The van der Waals surface area contributed by atoms with Gasteiger partial charge in [-0.05, 0) is 30.3 Å². The Morgan fingerprint density at radius 3 is 2.45 bits per heavy atom. The molecule has 2 aromatic carbocycles. The van der Waals surface area contributed by atoms with Crippen LogP contribution in [-0.4, -0.2) is 30.8 Å². The molecule has 0 fully saturated rings. The van der Waals surface area contributed by atoms with Crippen molar-refractivity contribution in [2.24, 2.45) is 0 Å². The van der Waals surface area contributed by atoms with Crippen LogP contribution in [0.1, 0.15) is 20.7 Å². The predicted molar refractivity (Wildman–Crippen MR) is 83.8 cm³/mol. The zero-order valence-corrected chi connectivity index (χ0v) is 12.8. The van der Waals surface area contributed by atoms with Crippen molar-refractivity contribution in [3.63, 3.8) is 0 Å². The number of nitrogens with one attached hydrogen (secondary N) is 1. The molecule has 114 valence electrons. The molecule has 0 unspecified atom stereocenters. The van der Waals surface area contributed by atoms with Crippen molar-refractivity contribution in [1.82, 2.24) is 4.90 Å². The van der Waals surface area contributed by atoms with Crippen LogP contribution < -0.4 is 5.32 Å². The molecule has 0 saturated carbocycles. The van der Waals surface area contributed by atoms with Crippen molar-refractivity contribution in [3.8, 4) is 0 Å². The Hall–Kier alpha value is -2.40. The van der Waals surface area contributed by atoms with Gasteiger partial charge in [0.1, 0.15) is 5.82 Å². The van der Waals surface area contributed by atoms with Gasteiger partial charge in [0, 0.05) is 19.1 Å². The number of carbonyl (C=O) groups excluding carboxylic acids is 2. The third kappa shape index (κ3) is 3.43. The molecular formula is C16H14ClFN2O2. The summed E-state index contributed by atoms with van der Waals surface area (Å²) in [5, 5.41) is 2.80. The average molecular weight is 321 g/mol. The van der Waals surface area contributed by atoms with Crippen LogP contribution in [-0.2, 0) is 0 Å². The maximum absolute atomic E-state index is 13.7. The van der Waals surface area contributed by atoms with Gasteiger partial charge < -0.3 is 10.2 Å². The molecular weight excluding hydrogens is 307 g/mol. The first kappa shape index (κ1) is 16.0. The van der Waals surface area contributed by atoms with Crippen molar-refractivity contribution < 1.29 is 14.0 Å². The van der Waals surface area contributed by atoms with E-state index < -0.39 is 11.7 Å². The zero-order valence-electron chi connectivity index (χ0n) is 12.1. The Balaban J connectivity index is 2.33. The van der Waals surface area contributed by atoms with Crippen LogP contribution in [0.2, 0.25) is 5.02 Å². The Kier molecular flexibility index (Phi) is 4.78. The van der Waals surface area contributed by atoms with Crippen molar-refractivity contribution in [2.45, 2.75) is 0 Å². The molecule has 2 rings (SSSR count). The van der Waals surface area contributed by atoms with Crippen LogP contribution in [0.4, 0.5) is 10.1 Å². The van der Waals surface area contributed by atoms with E-state index in [2.05, 4.69) is 5.32 Å². The third-order valence-electron chi connectivity index (χ3n) is 2.98. The van der Waals surface area contributed by atoms with Gasteiger partial charge in [-0.2, -0.15) is 0 Å². The van der Waals surface area contributed by atoms with Crippen LogP contribution in [0.3, 0.4) is 0 Å². The highest BCUT2D eigenvalue weighted by molar-refractivity contribution is 6.31. The fraction of sp³-hybridized carbons (Fsp3) is 0.125. The zero-order chi connectivity index (χ0) is 16.3. The van der Waals surface area contributed by atoms with E-state index in [0.29, 0.717) is 11.3 Å². The summed E-state index contributed by atoms with van der Waals surface area (Å²) in [5.41, 5.74) is 0.452. The molecule has 22 heavy (non-hydrogen) atoms. The quantitative estimate of drug-likeness (QED) is 0.942. The number of nitrogens with zero attached hydrogens (tertiary/aromatic N) is 1. The van der Waals surface area contributed by atoms with Crippen molar-refractivity contribution in [1.29, 1.82) is 0 Å². The van der Waals surface area contributed by atoms with E-state index in [1.54, 1.807) is 38.4 Å². The van der Waals surface area contributed by atoms with Crippen LogP contribution >= 0.6 is 11.6 Å². The van der Waals surface area contributed by atoms with Gasteiger partial charge in [-0.15, -0.1) is 0 Å². The maximum Gasteiger partial charge on any atom is 0.258 e. The monoisotopic (exact) mass is 320 g/mol. The first-order chi connectivity index (χ1) is 10.4. The largest absolute Gasteiger partial charge is 0.345 e. The second kappa shape index (κ2) is 6.58. The minimum atomic E-state index is -0.682. The second-order valence-corrected chi connectivity index (χ2v) is 5.26. The number of carbonyl (C=O) groups is 2. The second-order valence-electron chi connectivity index (χ2n) is 4.82. The summed E-state index contributed by atoms with van der Waals surface area (Å²) in [7, 11) is 3.22. The van der Waals surface area contributed by atoms with E-state index >= 15 is 0 Å². The first-order valence-corrected chi connectivity index (χ1v) is 6.85. The number of para-hydroxylation sites is 1. The number of halogens is 2. The van der Waals surface area contributed by atoms with E-state index in [0.717, 1.165) is 6.07 Å². The minimum absolute atomic E-state index is 0.181. The normalized spacial score (nSPS) is 10.2. The maximum atomic E-state index is 13.7. The highest BCUT2D eigenvalue weighted by atomic mass is 35.5. The van der Waals surface area contributed by atoms with Crippen molar-refractivity contribution >= 4 is 29.1 Å². The number of benzene rings is 2. The van der Waals surface area contributed by atoms with Gasteiger partial charge in [-0.25, -0.2) is 4.39 Å². The van der Waals surface area contributed by atoms with Crippen LogP contribution in [0, 0.1) is 5.82 Å². The van der Waals surface area contributed by atoms with E-state index in [1.807, 2.05) is 0 Å². The molecule has 2 aromatic rings. The van der Waals surface area contributed by atoms with Gasteiger partial charge in [-0.1, -0.05) is 23.7 Å². The molecule has 6 heteroatoms. The van der Waals surface area contributed by atoms with E-state index in [1.165, 1.54) is 17.0 Å². The summed E-state index contributed by atoms with van der Waals surface area (Å²) in [6, 6.07) is 10.3. The lowest BCUT2D eigenvalue weighted by Gasteiger charge is -2.15. The average Bonchev–Trinajstić information content (AvgIpc) is 2.49. The summed E-state index contributed by atoms with van der Waals surface area (Å²) in [6.07, 6.45) is 0. The predicted octanol–water partition coefficient (Wildman–Crippen LogP) is 3.43. The van der Waals surface area contributed by atoms with Crippen molar-refractivity contribution in [2.75, 3.05) is 19.4 Å². The lowest BCUT2D eigenvalue weighted by atomic mass is 10.1. The van der Waals surface area contributed by atoms with Gasteiger partial charge in [-0.3, -0.25) is 9.59 Å². The Morgan fingerprint density at radius 1 is 1.09 bits per heavy atom. The third-order valence-corrected chi connectivity index (χ3v) is 3.22. The lowest BCUT2D eigenvalue weighted by molar-refractivity contribution is 0.0828. The summed E-state index contributed by atoms with van der Waals surface area (Å²) < 4.78 is 13.7. The summed E-state index contributed by atoms with van der Waals surface area (Å²) in [4.78, 5) is 25.7. The molecule has 0 heterocycles. The van der Waals surface area contributed by atoms with Crippen LogP contribution in [0.5, 0.6) is 0 Å². The number of rotatable bonds is 3. The standard InChI is InChI=1S/C16H14ClFN2O2/c1-20(2)16(22)11-5-3-4-6-14(11)19-15(21)12-9-10(17)7-8-13(12)18/h3-9H,1-2H3,(H,19,21). The molecule has 0 atom stereocenters. The molecule has 0 saturated heterocycles. The molecule has 1 N–H and O–H groups in total. The summed E-state index contributed by atoms with van der Waals surface area (Å²) >= 11 is 5.78.